The number of allylic oxidation sites excluding steroid dienone is 1. The molecule has 2 aromatic rings. The highest BCUT2D eigenvalue weighted by molar-refractivity contribution is 6.39. The van der Waals surface area contributed by atoms with Crippen LogP contribution in [0.4, 0.5) is 4.39 Å². The summed E-state index contributed by atoms with van der Waals surface area (Å²) in [6.45, 7) is 1.26. The zero-order valence-corrected chi connectivity index (χ0v) is 23.1. The Morgan fingerprint density at radius 3 is 2.52 bits per heavy atom. The molecule has 1 saturated carbocycles. The van der Waals surface area contributed by atoms with Crippen LogP contribution in [0, 0.1) is 11.2 Å². The number of rotatable bonds is 8. The average molecular weight is 591 g/mol. The SMILES string of the molecule is CC(N)=O.N=CC(O)c1cc(F)c2c(c1)C(=O)N(CC1CC=C(Cl)C=N1)[C@@]2(OCC1(O)CC1)c1ccc(Cl)cc1. The molecule has 2 heterocycles. The molecule has 2 aliphatic heterocycles. The molecule has 2 amide bonds. The predicted octanol–water partition coefficient (Wildman–Crippen LogP) is 3.82. The van der Waals surface area contributed by atoms with Gasteiger partial charge in [-0.15, -0.1) is 0 Å². The van der Waals surface area contributed by atoms with Gasteiger partial charge in [-0.25, -0.2) is 4.39 Å². The van der Waals surface area contributed by atoms with Crippen molar-refractivity contribution in [3.8, 4) is 0 Å². The van der Waals surface area contributed by atoms with Crippen LogP contribution in [0.2, 0.25) is 5.02 Å². The lowest BCUT2D eigenvalue weighted by atomic mass is 9.90. The van der Waals surface area contributed by atoms with Gasteiger partial charge in [0.05, 0.1) is 34.4 Å². The molecule has 3 aliphatic rings. The number of dihydropyridines is 1. The van der Waals surface area contributed by atoms with Crippen molar-refractivity contribution in [3.05, 3.63) is 80.6 Å². The van der Waals surface area contributed by atoms with Crippen LogP contribution in [-0.4, -0.2) is 64.2 Å². The van der Waals surface area contributed by atoms with Gasteiger partial charge in [-0.1, -0.05) is 41.4 Å². The van der Waals surface area contributed by atoms with Gasteiger partial charge in [-0.2, -0.15) is 0 Å². The Morgan fingerprint density at radius 2 is 1.98 bits per heavy atom. The number of carbonyl (C=O) groups is 2. The minimum Gasteiger partial charge on any atom is -0.387 e. The highest BCUT2D eigenvalue weighted by Crippen LogP contribution is 2.49. The molecule has 2 unspecified atom stereocenters. The van der Waals surface area contributed by atoms with E-state index in [1.807, 2.05) is 0 Å². The fourth-order valence-corrected chi connectivity index (χ4v) is 4.92. The average Bonchev–Trinajstić information content (AvgIpc) is 3.60. The Bertz CT molecular complexity index is 1380. The summed E-state index contributed by atoms with van der Waals surface area (Å²) in [6, 6.07) is 8.70. The van der Waals surface area contributed by atoms with Crippen molar-refractivity contribution in [1.29, 1.82) is 5.41 Å². The molecule has 0 radical (unpaired) electrons. The van der Waals surface area contributed by atoms with Gasteiger partial charge in [-0.3, -0.25) is 14.6 Å². The standard InChI is InChI=1S/C26H24Cl2FN3O4.C2H5NO/c27-17-3-1-16(2-4-17)26(36-14-25(35)7-8-25)23-20(9-15(10-21(23)29)22(33)11-30)24(34)32(26)13-19-6-5-18(28)12-31-19;1-2(3)4/h1-5,9-12,19,22,30,33,35H,6-8,13-14H2;1H3,(H2,3,4)/t19?,22?,26-;/m1./s1. The molecule has 212 valence electrons. The molecule has 1 fully saturated rings. The zero-order valence-electron chi connectivity index (χ0n) is 21.6. The first-order chi connectivity index (χ1) is 18.9. The van der Waals surface area contributed by atoms with Crippen LogP contribution in [-0.2, 0) is 15.3 Å². The van der Waals surface area contributed by atoms with E-state index in [9.17, 15) is 19.8 Å². The molecule has 5 N–H and O–H groups in total. The Morgan fingerprint density at radius 1 is 1.32 bits per heavy atom. The maximum atomic E-state index is 15.9. The summed E-state index contributed by atoms with van der Waals surface area (Å²) in [4.78, 5) is 29.0. The Hall–Kier alpha value is -3.15. The number of aliphatic hydroxyl groups is 2. The summed E-state index contributed by atoms with van der Waals surface area (Å²) < 4.78 is 22.3. The largest absolute Gasteiger partial charge is 0.387 e. The third kappa shape index (κ3) is 6.11. The van der Waals surface area contributed by atoms with Gasteiger partial charge in [0, 0.05) is 36.5 Å². The third-order valence-electron chi connectivity index (χ3n) is 6.81. The molecule has 12 heteroatoms. The molecule has 1 aliphatic carbocycles. The minimum absolute atomic E-state index is 0.0111. The maximum Gasteiger partial charge on any atom is 0.257 e. The summed E-state index contributed by atoms with van der Waals surface area (Å²) in [5.41, 5.74) is 2.23. The Kier molecular flexibility index (Phi) is 8.77. The molecule has 2 aromatic carbocycles. The van der Waals surface area contributed by atoms with Gasteiger partial charge >= 0.3 is 0 Å². The summed E-state index contributed by atoms with van der Waals surface area (Å²) in [7, 11) is 0. The van der Waals surface area contributed by atoms with Crippen molar-refractivity contribution in [1.82, 2.24) is 4.90 Å². The highest BCUT2D eigenvalue weighted by Gasteiger charge is 2.56. The van der Waals surface area contributed by atoms with Crippen LogP contribution in [0.15, 0.2) is 52.5 Å². The molecule has 0 spiro atoms. The second kappa shape index (κ2) is 11.8. The number of fused-ring (bicyclic) bond motifs is 1. The Balaban J connectivity index is 0.000000867. The number of primary amides is 1. The van der Waals surface area contributed by atoms with Gasteiger partial charge in [0.25, 0.3) is 5.91 Å². The van der Waals surface area contributed by atoms with Gasteiger partial charge in [0.15, 0.2) is 5.72 Å². The normalized spacial score (nSPS) is 23.1. The number of carbonyl (C=O) groups excluding carboxylic acids is 2. The van der Waals surface area contributed by atoms with Crippen LogP contribution in [0.25, 0.3) is 0 Å². The molecule has 5 rings (SSSR count). The number of amides is 2. The number of aliphatic hydroxyl groups excluding tert-OH is 1. The third-order valence-corrected chi connectivity index (χ3v) is 7.31. The lowest BCUT2D eigenvalue weighted by molar-refractivity contribution is -0.137. The second-order valence-electron chi connectivity index (χ2n) is 9.98. The Labute approximate surface area is 240 Å². The van der Waals surface area contributed by atoms with Crippen molar-refractivity contribution in [3.63, 3.8) is 0 Å². The van der Waals surface area contributed by atoms with Gasteiger partial charge in [0.2, 0.25) is 5.91 Å². The number of aliphatic imine (C=N–C) groups is 1. The van der Waals surface area contributed by atoms with E-state index in [-0.39, 0.29) is 41.8 Å². The van der Waals surface area contributed by atoms with Gasteiger partial charge in [-0.05, 0) is 49.1 Å². The first-order valence-electron chi connectivity index (χ1n) is 12.5. The number of hydrogen-bond donors (Lipinski definition) is 4. The van der Waals surface area contributed by atoms with E-state index < -0.39 is 29.2 Å². The van der Waals surface area contributed by atoms with E-state index in [0.29, 0.717) is 34.9 Å². The van der Waals surface area contributed by atoms with Crippen molar-refractivity contribution >= 4 is 47.4 Å². The molecular weight excluding hydrogens is 562 g/mol. The molecule has 9 nitrogen and oxygen atoms in total. The first-order valence-corrected chi connectivity index (χ1v) is 13.3. The van der Waals surface area contributed by atoms with Crippen molar-refractivity contribution in [2.75, 3.05) is 13.2 Å². The fourth-order valence-electron chi connectivity index (χ4n) is 4.65. The summed E-state index contributed by atoms with van der Waals surface area (Å²) in [5.74, 6) is -1.62. The first kappa shape index (κ1) is 29.8. The van der Waals surface area contributed by atoms with Gasteiger partial charge in [0.1, 0.15) is 11.9 Å². The zero-order chi connectivity index (χ0) is 29.2. The van der Waals surface area contributed by atoms with E-state index in [4.69, 9.17) is 33.3 Å². The topological polar surface area (TPSA) is 149 Å². The second-order valence-corrected chi connectivity index (χ2v) is 10.9. The number of benzene rings is 2. The van der Waals surface area contributed by atoms with E-state index in [2.05, 4.69) is 10.7 Å². The smallest absolute Gasteiger partial charge is 0.257 e. The summed E-state index contributed by atoms with van der Waals surface area (Å²) >= 11 is 12.2. The van der Waals surface area contributed by atoms with Crippen LogP contribution < -0.4 is 5.73 Å². The summed E-state index contributed by atoms with van der Waals surface area (Å²) in [5, 5.41) is 29.1. The van der Waals surface area contributed by atoms with Crippen molar-refractivity contribution in [2.45, 2.75) is 49.7 Å². The van der Waals surface area contributed by atoms with Crippen LogP contribution in [0.3, 0.4) is 0 Å². The molecule has 40 heavy (non-hydrogen) atoms. The molecular formula is C28H29Cl2FN4O5. The van der Waals surface area contributed by atoms with E-state index in [1.165, 1.54) is 24.1 Å². The number of nitrogens with one attached hydrogen (secondary N) is 1. The summed E-state index contributed by atoms with van der Waals surface area (Å²) in [6.07, 6.45) is 4.23. The van der Waals surface area contributed by atoms with E-state index in [1.54, 1.807) is 30.3 Å². The fraction of sp³-hybridized carbons (Fsp3) is 0.357. The number of nitrogens with zero attached hydrogens (tertiary/aromatic N) is 2. The van der Waals surface area contributed by atoms with Crippen LogP contribution in [0.5, 0.6) is 0 Å². The maximum absolute atomic E-state index is 15.9. The monoisotopic (exact) mass is 590 g/mol. The highest BCUT2D eigenvalue weighted by atomic mass is 35.5. The lowest BCUT2D eigenvalue weighted by Crippen LogP contribution is -2.51. The van der Waals surface area contributed by atoms with Gasteiger partial charge < -0.3 is 31.0 Å². The number of nitrogens with two attached hydrogens (primary N) is 1. The number of ether oxygens (including phenoxy) is 1. The molecule has 0 aromatic heterocycles. The van der Waals surface area contributed by atoms with Crippen LogP contribution >= 0.6 is 23.2 Å². The molecule has 0 bridgehead atoms. The van der Waals surface area contributed by atoms with Crippen LogP contribution in [0.1, 0.15) is 59.3 Å². The number of halogens is 3. The van der Waals surface area contributed by atoms with Crippen molar-refractivity contribution in [2.24, 2.45) is 10.7 Å². The molecule has 3 atom stereocenters. The predicted molar refractivity (Wildman–Crippen MR) is 149 cm³/mol. The number of hydrogen-bond acceptors (Lipinski definition) is 7. The van der Waals surface area contributed by atoms with E-state index >= 15 is 4.39 Å². The van der Waals surface area contributed by atoms with E-state index in [0.717, 1.165) is 12.3 Å². The molecule has 0 saturated heterocycles. The quantitative estimate of drug-likeness (QED) is 0.345. The van der Waals surface area contributed by atoms with Crippen molar-refractivity contribution < 1.29 is 28.9 Å². The minimum atomic E-state index is -1.71. The lowest BCUT2D eigenvalue weighted by Gasteiger charge is -2.41.